The third-order valence-electron chi connectivity index (χ3n) is 6.89. The number of nitrogens with zero attached hydrogens (tertiary/aromatic N) is 1. The van der Waals surface area contributed by atoms with Crippen LogP contribution in [0.5, 0.6) is 5.88 Å². The van der Waals surface area contributed by atoms with Gasteiger partial charge in [0.1, 0.15) is 0 Å². The van der Waals surface area contributed by atoms with Crippen molar-refractivity contribution < 1.29 is 14.3 Å². The molecule has 3 fully saturated rings. The van der Waals surface area contributed by atoms with Gasteiger partial charge in [-0.3, -0.25) is 9.59 Å². The van der Waals surface area contributed by atoms with Crippen LogP contribution in [-0.2, 0) is 28.9 Å². The van der Waals surface area contributed by atoms with Crippen molar-refractivity contribution in [2.24, 2.45) is 5.92 Å². The van der Waals surface area contributed by atoms with Gasteiger partial charge in [0.05, 0.1) is 7.11 Å². The molecular weight excluding hydrogens is 378 g/mol. The average Bonchev–Trinajstić information content (AvgIpc) is 3.14. The van der Waals surface area contributed by atoms with Crippen LogP contribution in [0.3, 0.4) is 0 Å². The van der Waals surface area contributed by atoms with Crippen LogP contribution in [0.1, 0.15) is 42.4 Å². The fourth-order valence-corrected chi connectivity index (χ4v) is 5.49. The van der Waals surface area contributed by atoms with Crippen molar-refractivity contribution in [2.75, 3.05) is 7.11 Å². The Hall–Kier alpha value is -2.89. The minimum absolute atomic E-state index is 0.0410. The van der Waals surface area contributed by atoms with E-state index in [1.165, 1.54) is 11.1 Å². The van der Waals surface area contributed by atoms with E-state index >= 15 is 0 Å². The molecular formula is C24H27N3O3. The first-order chi connectivity index (χ1) is 14.5. The molecule has 0 aliphatic heterocycles. The number of carbonyl (C=O) groups excluding carboxylic acids is 2. The number of benzene rings is 1. The zero-order valence-corrected chi connectivity index (χ0v) is 17.2. The topological polar surface area (TPSA) is 80.3 Å². The lowest BCUT2D eigenvalue weighted by Gasteiger charge is -2.70. The maximum Gasteiger partial charge on any atom is 0.224 e. The van der Waals surface area contributed by atoms with E-state index in [2.05, 4.69) is 27.8 Å². The SMILES string of the molecule is COc1cc(CCC(=O)NC23CC(NC(=O)C4Cc5ccccc5C4)(C2)C3)ccn1. The van der Waals surface area contributed by atoms with Crippen LogP contribution in [-0.4, -0.2) is 35.0 Å². The average molecular weight is 405 g/mol. The summed E-state index contributed by atoms with van der Waals surface area (Å²) in [5.74, 6) is 0.837. The molecule has 3 saturated carbocycles. The summed E-state index contributed by atoms with van der Waals surface area (Å²) < 4.78 is 5.13. The number of aryl methyl sites for hydroxylation is 1. The number of ether oxygens (including phenoxy) is 1. The molecule has 2 N–H and O–H groups in total. The van der Waals surface area contributed by atoms with Crippen LogP contribution in [0.2, 0.25) is 0 Å². The number of methoxy groups -OCH3 is 1. The molecule has 0 saturated heterocycles. The lowest BCUT2D eigenvalue weighted by atomic mass is 9.44. The summed E-state index contributed by atoms with van der Waals surface area (Å²) in [6.07, 6.45) is 7.00. The Labute approximate surface area is 176 Å². The fourth-order valence-electron chi connectivity index (χ4n) is 5.49. The number of nitrogens with one attached hydrogen (secondary N) is 2. The van der Waals surface area contributed by atoms with Gasteiger partial charge in [0.15, 0.2) is 0 Å². The van der Waals surface area contributed by atoms with E-state index in [1.807, 2.05) is 24.3 Å². The van der Waals surface area contributed by atoms with E-state index in [1.54, 1.807) is 13.3 Å². The van der Waals surface area contributed by atoms with E-state index in [-0.39, 0.29) is 28.8 Å². The monoisotopic (exact) mass is 405 g/mol. The summed E-state index contributed by atoms with van der Waals surface area (Å²) >= 11 is 0. The minimum Gasteiger partial charge on any atom is -0.481 e. The Bertz CT molecular complexity index is 958. The van der Waals surface area contributed by atoms with Gasteiger partial charge >= 0.3 is 0 Å². The zero-order chi connectivity index (χ0) is 20.8. The number of hydrogen-bond donors (Lipinski definition) is 2. The molecule has 1 aromatic heterocycles. The number of hydrogen-bond acceptors (Lipinski definition) is 4. The summed E-state index contributed by atoms with van der Waals surface area (Å²) in [5.41, 5.74) is 3.42. The fraction of sp³-hybridized carbons (Fsp3) is 0.458. The predicted molar refractivity (Wildman–Crippen MR) is 112 cm³/mol. The first-order valence-electron chi connectivity index (χ1n) is 10.7. The highest BCUT2D eigenvalue weighted by atomic mass is 16.5. The Morgan fingerprint density at radius 3 is 2.40 bits per heavy atom. The Morgan fingerprint density at radius 2 is 1.73 bits per heavy atom. The second-order valence-electron chi connectivity index (χ2n) is 9.21. The van der Waals surface area contributed by atoms with Gasteiger partial charge < -0.3 is 15.4 Å². The Balaban J connectivity index is 1.07. The number of pyridine rings is 1. The van der Waals surface area contributed by atoms with Crippen LogP contribution in [0.25, 0.3) is 0 Å². The van der Waals surface area contributed by atoms with Crippen LogP contribution >= 0.6 is 0 Å². The summed E-state index contributed by atoms with van der Waals surface area (Å²) in [4.78, 5) is 29.3. The van der Waals surface area contributed by atoms with E-state index in [9.17, 15) is 9.59 Å². The number of amides is 2. The molecule has 6 heteroatoms. The Kier molecular flexibility index (Phi) is 4.53. The standard InChI is InChI=1S/C24H27N3O3/c1-30-21-10-16(8-9-25-21)6-7-20(28)26-23-13-24(14-23,15-23)27-22(29)19-11-17-4-2-3-5-18(17)12-19/h2-5,8-10,19H,6-7,11-15H2,1H3,(H,26,28)(H,27,29). The van der Waals surface area contributed by atoms with E-state index in [0.29, 0.717) is 18.7 Å². The van der Waals surface area contributed by atoms with Crippen molar-refractivity contribution in [3.63, 3.8) is 0 Å². The third kappa shape index (κ3) is 3.44. The molecule has 0 unspecified atom stereocenters. The molecule has 0 spiro atoms. The maximum atomic E-state index is 12.8. The van der Waals surface area contributed by atoms with Crippen LogP contribution < -0.4 is 15.4 Å². The minimum atomic E-state index is -0.112. The van der Waals surface area contributed by atoms with Crippen molar-refractivity contribution in [1.82, 2.24) is 15.6 Å². The van der Waals surface area contributed by atoms with Crippen molar-refractivity contribution in [3.05, 3.63) is 59.3 Å². The molecule has 30 heavy (non-hydrogen) atoms. The molecule has 4 aliphatic carbocycles. The lowest BCUT2D eigenvalue weighted by molar-refractivity contribution is -0.151. The molecule has 156 valence electrons. The van der Waals surface area contributed by atoms with Crippen molar-refractivity contribution in [2.45, 2.75) is 56.0 Å². The van der Waals surface area contributed by atoms with Gasteiger partial charge in [-0.2, -0.15) is 0 Å². The molecule has 2 amide bonds. The van der Waals surface area contributed by atoms with Crippen LogP contribution in [0, 0.1) is 5.92 Å². The van der Waals surface area contributed by atoms with Crippen molar-refractivity contribution in [3.8, 4) is 5.88 Å². The maximum absolute atomic E-state index is 12.8. The quantitative estimate of drug-likeness (QED) is 0.741. The number of carbonyl (C=O) groups is 2. The van der Waals surface area contributed by atoms with Gasteiger partial charge in [0.25, 0.3) is 0 Å². The summed E-state index contributed by atoms with van der Waals surface area (Å²) in [7, 11) is 1.59. The van der Waals surface area contributed by atoms with Crippen LogP contribution in [0.4, 0.5) is 0 Å². The highest BCUT2D eigenvalue weighted by molar-refractivity contribution is 5.82. The highest BCUT2D eigenvalue weighted by Gasteiger charge is 2.69. The highest BCUT2D eigenvalue weighted by Crippen LogP contribution is 2.60. The molecule has 6 nitrogen and oxygen atoms in total. The molecule has 2 aromatic rings. The first-order valence-corrected chi connectivity index (χ1v) is 10.7. The van der Waals surface area contributed by atoms with Crippen LogP contribution in [0.15, 0.2) is 42.6 Å². The molecule has 1 heterocycles. The summed E-state index contributed by atoms with van der Waals surface area (Å²) in [6, 6.07) is 12.1. The van der Waals surface area contributed by atoms with E-state index in [0.717, 1.165) is 37.7 Å². The second kappa shape index (κ2) is 7.11. The van der Waals surface area contributed by atoms with Gasteiger partial charge in [-0.15, -0.1) is 0 Å². The predicted octanol–water partition coefficient (Wildman–Crippen LogP) is 2.35. The second-order valence-corrected chi connectivity index (χ2v) is 9.21. The van der Waals surface area contributed by atoms with Gasteiger partial charge in [0, 0.05) is 35.7 Å². The molecule has 2 bridgehead atoms. The first kappa shape index (κ1) is 19.1. The third-order valence-corrected chi connectivity index (χ3v) is 6.89. The molecule has 4 aliphatic rings. The Morgan fingerprint density at radius 1 is 1.07 bits per heavy atom. The summed E-state index contributed by atoms with van der Waals surface area (Å²) in [6.45, 7) is 0. The number of rotatable bonds is 7. The van der Waals surface area contributed by atoms with E-state index < -0.39 is 0 Å². The molecule has 6 rings (SSSR count). The molecule has 1 aromatic carbocycles. The van der Waals surface area contributed by atoms with Gasteiger partial charge in [0.2, 0.25) is 17.7 Å². The largest absolute Gasteiger partial charge is 0.481 e. The van der Waals surface area contributed by atoms with E-state index in [4.69, 9.17) is 4.74 Å². The normalized spacial score (nSPS) is 26.2. The summed E-state index contributed by atoms with van der Waals surface area (Å²) in [5, 5.41) is 6.50. The smallest absolute Gasteiger partial charge is 0.224 e. The van der Waals surface area contributed by atoms with Crippen molar-refractivity contribution in [1.29, 1.82) is 0 Å². The van der Waals surface area contributed by atoms with Gasteiger partial charge in [-0.25, -0.2) is 4.98 Å². The van der Waals surface area contributed by atoms with Crippen molar-refractivity contribution >= 4 is 11.8 Å². The van der Waals surface area contributed by atoms with Gasteiger partial charge in [-0.1, -0.05) is 24.3 Å². The molecule has 0 atom stereocenters. The zero-order valence-electron chi connectivity index (χ0n) is 17.2. The lowest BCUT2D eigenvalue weighted by Crippen LogP contribution is -2.84. The number of fused-ring (bicyclic) bond motifs is 1. The van der Waals surface area contributed by atoms with Gasteiger partial charge in [-0.05, 0) is 61.3 Å². The molecule has 0 radical (unpaired) electrons. The number of aromatic nitrogens is 1.